The number of halogens is 7. The summed E-state index contributed by atoms with van der Waals surface area (Å²) in [5.41, 5.74) is -0.563. The van der Waals surface area contributed by atoms with Crippen LogP contribution in [0.25, 0.3) is 33.2 Å². The van der Waals surface area contributed by atoms with Gasteiger partial charge in [0.15, 0.2) is 11.6 Å². The number of benzene rings is 4. The minimum absolute atomic E-state index is 0.0187. The maximum absolute atomic E-state index is 15.2. The molecule has 4 heterocycles. The van der Waals surface area contributed by atoms with Gasteiger partial charge in [0, 0.05) is 72.8 Å². The smallest absolute Gasteiger partial charge is 0.489 e. The van der Waals surface area contributed by atoms with Crippen LogP contribution in [0, 0.1) is 23.3 Å². The molecule has 0 fully saturated rings. The highest BCUT2D eigenvalue weighted by molar-refractivity contribution is 9.10. The van der Waals surface area contributed by atoms with Crippen LogP contribution in [0.2, 0.25) is 10.0 Å². The molecule has 0 spiro atoms. The van der Waals surface area contributed by atoms with Gasteiger partial charge in [-0.05, 0) is 95.5 Å². The zero-order chi connectivity index (χ0) is 54.2. The van der Waals surface area contributed by atoms with E-state index in [0.29, 0.717) is 67.0 Å². The van der Waals surface area contributed by atoms with Crippen molar-refractivity contribution in [1.82, 2.24) is 19.9 Å². The highest BCUT2D eigenvalue weighted by Gasteiger charge is 2.28. The summed E-state index contributed by atoms with van der Waals surface area (Å²) in [6, 6.07) is 16.5. The highest BCUT2D eigenvalue weighted by atomic mass is 79.9. The average molecular weight is 1160 g/mol. The third-order valence-electron chi connectivity index (χ3n) is 10.6. The number of hydrogen-bond donors (Lipinski definition) is 6. The van der Waals surface area contributed by atoms with Crippen molar-refractivity contribution in [2.24, 2.45) is 0 Å². The van der Waals surface area contributed by atoms with Gasteiger partial charge < -0.3 is 29.5 Å². The highest BCUT2D eigenvalue weighted by Crippen LogP contribution is 2.35. The van der Waals surface area contributed by atoms with Crippen molar-refractivity contribution in [3.8, 4) is 22.6 Å². The van der Waals surface area contributed by atoms with Crippen molar-refractivity contribution in [2.75, 3.05) is 35.2 Å². The molecule has 0 saturated heterocycles. The number of anilines is 2. The lowest BCUT2D eigenvalue weighted by Gasteiger charge is -2.11. The maximum Gasteiger partial charge on any atom is 0.489 e. The van der Waals surface area contributed by atoms with Crippen LogP contribution in [-0.2, 0) is 20.0 Å². The molecule has 74 heavy (non-hydrogen) atoms. The largest absolute Gasteiger partial charge is 0.497 e. The zero-order valence-corrected chi connectivity index (χ0v) is 43.9. The van der Waals surface area contributed by atoms with E-state index in [1.54, 1.807) is 56.4 Å². The molecule has 0 saturated carbocycles. The first-order chi connectivity index (χ1) is 35.0. The Labute approximate surface area is 439 Å². The molecule has 0 aliphatic rings. The molecule has 16 nitrogen and oxygen atoms in total. The number of ketones is 2. The number of fused-ring (bicyclic) bond motifs is 2. The van der Waals surface area contributed by atoms with Crippen molar-refractivity contribution in [1.29, 1.82) is 0 Å². The Bertz CT molecular complexity index is 3650. The lowest BCUT2D eigenvalue weighted by atomic mass is 9.80. The molecule has 0 aliphatic heterocycles. The summed E-state index contributed by atoms with van der Waals surface area (Å²) in [6.07, 6.45) is 6.28. The Balaban J connectivity index is 0.000000201. The minimum Gasteiger partial charge on any atom is -0.497 e. The van der Waals surface area contributed by atoms with E-state index in [2.05, 4.69) is 45.3 Å². The van der Waals surface area contributed by atoms with Gasteiger partial charge in [-0.15, -0.1) is 0 Å². The topological polar surface area (TPSA) is 243 Å². The molecule has 4 aromatic heterocycles. The van der Waals surface area contributed by atoms with E-state index in [4.69, 9.17) is 42.7 Å². The second kappa shape index (κ2) is 24.2. The molecule has 0 bridgehead atoms. The summed E-state index contributed by atoms with van der Waals surface area (Å²) in [6.45, 7) is 3.30. The van der Waals surface area contributed by atoms with E-state index in [0.717, 1.165) is 24.3 Å². The van der Waals surface area contributed by atoms with Gasteiger partial charge >= 0.3 is 7.12 Å². The Kier molecular flexibility index (Phi) is 18.6. The predicted molar refractivity (Wildman–Crippen MR) is 280 cm³/mol. The van der Waals surface area contributed by atoms with Crippen LogP contribution in [0.5, 0.6) is 11.5 Å². The summed E-state index contributed by atoms with van der Waals surface area (Å²) >= 11 is 15.3. The normalized spacial score (nSPS) is 11.3. The Morgan fingerprint density at radius 1 is 0.676 bits per heavy atom. The number of nitrogens with one attached hydrogen (secondary N) is 4. The van der Waals surface area contributed by atoms with E-state index >= 15 is 4.39 Å². The summed E-state index contributed by atoms with van der Waals surface area (Å²) in [4.78, 5) is 40.0. The number of rotatable bonds is 16. The minimum atomic E-state index is -3.86. The number of aromatic amines is 2. The fourth-order valence-electron chi connectivity index (χ4n) is 7.13. The van der Waals surface area contributed by atoms with Gasteiger partial charge in [-0.3, -0.25) is 19.0 Å². The number of hydrogen-bond acceptors (Lipinski definition) is 12. The lowest BCUT2D eigenvalue weighted by molar-refractivity contribution is 0.102. The predicted octanol–water partition coefficient (Wildman–Crippen LogP) is 9.57. The van der Waals surface area contributed by atoms with E-state index in [-0.39, 0.29) is 33.1 Å². The molecule has 6 N–H and O–H groups in total. The number of ether oxygens (including phenoxy) is 2. The van der Waals surface area contributed by atoms with E-state index in [1.807, 2.05) is 0 Å². The second-order valence-electron chi connectivity index (χ2n) is 15.7. The Morgan fingerprint density at radius 3 is 1.58 bits per heavy atom. The van der Waals surface area contributed by atoms with E-state index in [1.165, 1.54) is 44.9 Å². The quantitative estimate of drug-likeness (QED) is 0.0301. The third kappa shape index (κ3) is 13.2. The number of nitrogens with zero attached hydrogens (tertiary/aromatic N) is 2. The molecule has 8 rings (SSSR count). The molecular weight excluding hydrogens is 1120 g/mol. The number of carbonyl (C=O) groups excluding carboxylic acids is 2. The van der Waals surface area contributed by atoms with Gasteiger partial charge in [0.05, 0.1) is 53.2 Å². The Hall–Kier alpha value is -6.54. The first-order valence-electron chi connectivity index (χ1n) is 21.7. The number of carbonyl (C=O) groups is 2. The van der Waals surface area contributed by atoms with Crippen LogP contribution in [0.4, 0.5) is 28.9 Å². The SMILES string of the molecule is CCCS(=O)(=O)Nc1ccc(F)c(C(=O)c2c[nH]c3ncc(-c4ccc(OC)cc4Cl)cc23)c1F.CCCS(=O)(=O)Nc1ccc(F)c(C(=O)c2c[nH]c3ncc(Br)cc23)c1F.COc1ccc(B(O)O)c(Cl)c1. The van der Waals surface area contributed by atoms with Gasteiger partial charge in [-0.25, -0.2) is 44.4 Å². The molecule has 0 aliphatic carbocycles. The van der Waals surface area contributed by atoms with Crippen LogP contribution < -0.4 is 24.4 Å². The molecule has 388 valence electrons. The standard InChI is InChI=1S/C24H20ClF2N3O4S.C17H14BrF2N3O3S.C7H8BClO3/c1-3-8-35(32,33)30-20-7-6-19(26)21(22(20)27)23(31)17-12-29-24-16(17)9-13(11-28-24)15-5-4-14(34-2)10-18(15)25;1-2-5-27(25,26)23-13-4-3-12(19)14(15(13)20)16(24)11-8-22-17-10(11)6-9(18)7-21-17;1-12-5-2-3-6(8(10)11)7(9)4-5/h4-7,9-12,30H,3,8H2,1-2H3,(H,28,29);3-4,6-8,23H,2,5H2,1H3,(H,21,22);2-4,10-11H,1H3. The summed E-state index contributed by atoms with van der Waals surface area (Å²) in [7, 11) is -6.17. The fraction of sp³-hybridized carbons (Fsp3) is 0.167. The number of aromatic nitrogens is 4. The summed E-state index contributed by atoms with van der Waals surface area (Å²) < 4.78 is 122. The van der Waals surface area contributed by atoms with Crippen molar-refractivity contribution < 1.29 is 63.5 Å². The maximum atomic E-state index is 15.2. The molecule has 0 unspecified atom stereocenters. The summed E-state index contributed by atoms with van der Waals surface area (Å²) in [5, 5.41) is 19.0. The van der Waals surface area contributed by atoms with E-state index in [9.17, 15) is 39.6 Å². The van der Waals surface area contributed by atoms with Crippen molar-refractivity contribution in [3.63, 3.8) is 0 Å². The van der Waals surface area contributed by atoms with Gasteiger partial charge in [0.25, 0.3) is 0 Å². The second-order valence-corrected chi connectivity index (χ2v) is 21.2. The van der Waals surface area contributed by atoms with Gasteiger partial charge in [-0.1, -0.05) is 43.1 Å². The number of pyridine rings is 2. The average Bonchev–Trinajstić information content (AvgIpc) is 3.97. The Morgan fingerprint density at radius 2 is 1.14 bits per heavy atom. The van der Waals surface area contributed by atoms with Gasteiger partial charge in [-0.2, -0.15) is 0 Å². The first-order valence-corrected chi connectivity index (χ1v) is 26.6. The molecule has 8 aromatic rings. The van der Waals surface area contributed by atoms with Crippen molar-refractivity contribution in [3.05, 3.63) is 158 Å². The van der Waals surface area contributed by atoms with Gasteiger partial charge in [0.2, 0.25) is 31.6 Å². The fourth-order valence-corrected chi connectivity index (χ4v) is 10.3. The van der Waals surface area contributed by atoms with E-state index < -0.39 is 84.5 Å². The molecule has 0 radical (unpaired) electrons. The number of methoxy groups -OCH3 is 2. The first kappa shape index (κ1) is 56.8. The third-order valence-corrected chi connectivity index (χ3v) is 14.6. The van der Waals surface area contributed by atoms with Crippen LogP contribution in [0.1, 0.15) is 58.5 Å². The van der Waals surface area contributed by atoms with Crippen molar-refractivity contribution >= 4 is 117 Å². The van der Waals surface area contributed by atoms with Gasteiger partial charge in [0.1, 0.15) is 34.4 Å². The van der Waals surface area contributed by atoms with Crippen LogP contribution >= 0.6 is 39.1 Å². The monoisotopic (exact) mass is 1160 g/mol. The molecule has 0 amide bonds. The molecule has 4 aromatic carbocycles. The molecule has 0 atom stereocenters. The van der Waals surface area contributed by atoms with Crippen molar-refractivity contribution in [2.45, 2.75) is 26.7 Å². The van der Waals surface area contributed by atoms with Crippen LogP contribution in [-0.4, -0.2) is 91.2 Å². The van der Waals surface area contributed by atoms with Crippen LogP contribution in [0.3, 0.4) is 0 Å². The number of sulfonamides is 2. The number of H-pyrrole nitrogens is 2. The summed E-state index contributed by atoms with van der Waals surface area (Å²) in [5.74, 6) is -6.00. The van der Waals surface area contributed by atoms with Crippen LogP contribution in [0.15, 0.2) is 102 Å². The lowest BCUT2D eigenvalue weighted by Crippen LogP contribution is -2.30. The molecule has 26 heteroatoms. The zero-order valence-electron chi connectivity index (χ0n) is 39.2. The molecular formula is C48H42BBrCl2F4N6O10S2.